The van der Waals surface area contributed by atoms with Crippen molar-refractivity contribution in [1.29, 1.82) is 0 Å². The Hall–Kier alpha value is -0.900. The van der Waals surface area contributed by atoms with Crippen LogP contribution in [-0.4, -0.2) is 16.7 Å². The summed E-state index contributed by atoms with van der Waals surface area (Å²) in [6, 6.07) is 0. The number of aromatic nitrogens is 2. The molecule has 0 unspecified atom stereocenters. The van der Waals surface area contributed by atoms with Gasteiger partial charge >= 0.3 is 0 Å². The van der Waals surface area contributed by atoms with Crippen molar-refractivity contribution in [2.24, 2.45) is 0 Å². The van der Waals surface area contributed by atoms with E-state index < -0.39 is 0 Å². The van der Waals surface area contributed by atoms with Gasteiger partial charge in [0.1, 0.15) is 6.10 Å². The second kappa shape index (κ2) is 2.62. The molecule has 0 spiro atoms. The molecule has 0 bridgehead atoms. The first-order chi connectivity index (χ1) is 5.36. The molecular formula is C7H10N2O2. The van der Waals surface area contributed by atoms with Gasteiger partial charge in [0.15, 0.2) is 5.82 Å². The van der Waals surface area contributed by atoms with E-state index in [0.717, 1.165) is 19.4 Å². The lowest BCUT2D eigenvalue weighted by atomic mass is 10.2. The minimum absolute atomic E-state index is 0.0520. The number of hydrogen-bond donors (Lipinski definition) is 0. The first-order valence-corrected chi connectivity index (χ1v) is 3.78. The van der Waals surface area contributed by atoms with Crippen LogP contribution in [0.2, 0.25) is 0 Å². The van der Waals surface area contributed by atoms with Crippen molar-refractivity contribution >= 4 is 0 Å². The Morgan fingerprint density at radius 2 is 2.45 bits per heavy atom. The van der Waals surface area contributed by atoms with E-state index in [1.165, 1.54) is 0 Å². The molecule has 1 atom stereocenters. The Morgan fingerprint density at radius 1 is 1.55 bits per heavy atom. The highest BCUT2D eigenvalue weighted by atomic mass is 16.5. The minimum Gasteiger partial charge on any atom is -0.368 e. The van der Waals surface area contributed by atoms with Crippen LogP contribution in [0.1, 0.15) is 30.7 Å². The maximum absolute atomic E-state index is 5.36. The predicted molar refractivity (Wildman–Crippen MR) is 37.0 cm³/mol. The van der Waals surface area contributed by atoms with Gasteiger partial charge in [-0.25, -0.2) is 0 Å². The van der Waals surface area contributed by atoms with Crippen LogP contribution in [0.3, 0.4) is 0 Å². The van der Waals surface area contributed by atoms with Gasteiger partial charge in [0.05, 0.1) is 0 Å². The standard InChI is InChI=1S/C7H10N2O2/c1-5-8-7(11-9-5)6-3-2-4-10-6/h6H,2-4H2,1H3/t6-/m1/s1. The lowest BCUT2D eigenvalue weighted by molar-refractivity contribution is 0.0835. The van der Waals surface area contributed by atoms with Crippen LogP contribution in [0.25, 0.3) is 0 Å². The van der Waals surface area contributed by atoms with Gasteiger partial charge in [0.2, 0.25) is 0 Å². The van der Waals surface area contributed by atoms with Gasteiger partial charge in [0, 0.05) is 6.61 Å². The topological polar surface area (TPSA) is 48.2 Å². The highest BCUT2D eigenvalue weighted by Gasteiger charge is 2.22. The quantitative estimate of drug-likeness (QED) is 0.610. The average molecular weight is 154 g/mol. The molecule has 1 aromatic rings. The molecule has 1 aliphatic rings. The van der Waals surface area contributed by atoms with Crippen LogP contribution < -0.4 is 0 Å². The van der Waals surface area contributed by atoms with Crippen molar-refractivity contribution in [2.45, 2.75) is 25.9 Å². The molecule has 4 heteroatoms. The Morgan fingerprint density at radius 3 is 3.00 bits per heavy atom. The molecule has 0 aromatic carbocycles. The third kappa shape index (κ3) is 1.26. The fraction of sp³-hybridized carbons (Fsp3) is 0.714. The van der Waals surface area contributed by atoms with Crippen LogP contribution in [0, 0.1) is 6.92 Å². The van der Waals surface area contributed by atoms with Crippen molar-refractivity contribution in [3.8, 4) is 0 Å². The largest absolute Gasteiger partial charge is 0.368 e. The SMILES string of the molecule is Cc1noc([C@H]2CCCO2)n1. The summed E-state index contributed by atoms with van der Waals surface area (Å²) in [6.07, 6.45) is 2.14. The van der Waals surface area contributed by atoms with Crippen molar-refractivity contribution in [3.05, 3.63) is 11.7 Å². The van der Waals surface area contributed by atoms with Crippen molar-refractivity contribution in [1.82, 2.24) is 10.1 Å². The maximum atomic E-state index is 5.36. The van der Waals surface area contributed by atoms with Crippen molar-refractivity contribution in [2.75, 3.05) is 6.61 Å². The molecule has 4 nitrogen and oxygen atoms in total. The lowest BCUT2D eigenvalue weighted by Gasteiger charge is -2.00. The van der Waals surface area contributed by atoms with Gasteiger partial charge in [-0.1, -0.05) is 5.16 Å². The number of aryl methyl sites for hydroxylation is 1. The zero-order valence-corrected chi connectivity index (χ0v) is 6.41. The van der Waals surface area contributed by atoms with E-state index in [1.54, 1.807) is 0 Å². The summed E-state index contributed by atoms with van der Waals surface area (Å²) in [7, 11) is 0. The molecule has 2 rings (SSSR count). The normalized spacial score (nSPS) is 24.3. The third-order valence-electron chi connectivity index (χ3n) is 1.75. The summed E-state index contributed by atoms with van der Waals surface area (Å²) in [6.45, 7) is 2.62. The molecule has 1 aromatic heterocycles. The van der Waals surface area contributed by atoms with Crippen LogP contribution in [0.4, 0.5) is 0 Å². The number of ether oxygens (including phenoxy) is 1. The summed E-state index contributed by atoms with van der Waals surface area (Å²) >= 11 is 0. The van der Waals surface area contributed by atoms with Gasteiger partial charge in [-0.3, -0.25) is 0 Å². The van der Waals surface area contributed by atoms with E-state index in [-0.39, 0.29) is 6.10 Å². The molecule has 0 amide bonds. The Labute approximate surface area is 64.5 Å². The minimum atomic E-state index is 0.0520. The average Bonchev–Trinajstić information content (AvgIpc) is 2.55. The van der Waals surface area contributed by atoms with E-state index in [9.17, 15) is 0 Å². The lowest BCUT2D eigenvalue weighted by Crippen LogP contribution is -1.95. The summed E-state index contributed by atoms with van der Waals surface area (Å²) in [4.78, 5) is 4.09. The molecule has 0 saturated carbocycles. The second-order valence-corrected chi connectivity index (χ2v) is 2.68. The summed E-state index contributed by atoms with van der Waals surface area (Å²) in [5, 5.41) is 3.70. The molecule has 0 aliphatic carbocycles. The monoisotopic (exact) mass is 154 g/mol. The highest BCUT2D eigenvalue weighted by Crippen LogP contribution is 2.26. The first kappa shape index (κ1) is 6.79. The summed E-state index contributed by atoms with van der Waals surface area (Å²) < 4.78 is 10.3. The van der Waals surface area contributed by atoms with Gasteiger partial charge in [0.25, 0.3) is 5.89 Å². The summed E-state index contributed by atoms with van der Waals surface area (Å²) in [5.41, 5.74) is 0. The Balaban J connectivity index is 2.15. The molecule has 1 fully saturated rings. The molecular weight excluding hydrogens is 144 g/mol. The van der Waals surface area contributed by atoms with E-state index in [1.807, 2.05) is 6.92 Å². The smallest absolute Gasteiger partial charge is 0.255 e. The van der Waals surface area contributed by atoms with Crippen LogP contribution in [-0.2, 0) is 4.74 Å². The fourth-order valence-corrected chi connectivity index (χ4v) is 1.22. The number of hydrogen-bond acceptors (Lipinski definition) is 4. The van der Waals surface area contributed by atoms with Gasteiger partial charge in [-0.2, -0.15) is 4.98 Å². The van der Waals surface area contributed by atoms with E-state index in [0.29, 0.717) is 11.7 Å². The first-order valence-electron chi connectivity index (χ1n) is 3.78. The molecule has 0 N–H and O–H groups in total. The predicted octanol–water partition coefficient (Wildman–Crippen LogP) is 1.23. The van der Waals surface area contributed by atoms with Gasteiger partial charge in [-0.15, -0.1) is 0 Å². The Kier molecular flexibility index (Phi) is 1.62. The fourth-order valence-electron chi connectivity index (χ4n) is 1.22. The van der Waals surface area contributed by atoms with Gasteiger partial charge < -0.3 is 9.26 Å². The number of nitrogens with zero attached hydrogens (tertiary/aromatic N) is 2. The molecule has 2 heterocycles. The van der Waals surface area contributed by atoms with E-state index in [2.05, 4.69) is 10.1 Å². The molecule has 1 saturated heterocycles. The highest BCUT2D eigenvalue weighted by molar-refractivity contribution is 4.89. The molecule has 0 radical (unpaired) electrons. The summed E-state index contributed by atoms with van der Waals surface area (Å²) in [5.74, 6) is 1.30. The van der Waals surface area contributed by atoms with Crippen molar-refractivity contribution in [3.63, 3.8) is 0 Å². The van der Waals surface area contributed by atoms with Crippen molar-refractivity contribution < 1.29 is 9.26 Å². The zero-order valence-electron chi connectivity index (χ0n) is 6.41. The van der Waals surface area contributed by atoms with Gasteiger partial charge in [-0.05, 0) is 19.8 Å². The maximum Gasteiger partial charge on any atom is 0.255 e. The third-order valence-corrected chi connectivity index (χ3v) is 1.75. The molecule has 1 aliphatic heterocycles. The van der Waals surface area contributed by atoms with Crippen LogP contribution in [0.5, 0.6) is 0 Å². The molecule has 60 valence electrons. The Bertz CT molecular complexity index is 240. The van der Waals surface area contributed by atoms with Crippen LogP contribution in [0.15, 0.2) is 4.52 Å². The number of rotatable bonds is 1. The molecule has 11 heavy (non-hydrogen) atoms. The second-order valence-electron chi connectivity index (χ2n) is 2.68. The van der Waals surface area contributed by atoms with E-state index in [4.69, 9.17) is 9.26 Å². The zero-order chi connectivity index (χ0) is 7.68. The van der Waals surface area contributed by atoms with Crippen LogP contribution >= 0.6 is 0 Å². The van der Waals surface area contributed by atoms with E-state index >= 15 is 0 Å².